The van der Waals surface area contributed by atoms with Gasteiger partial charge in [-0.2, -0.15) is 0 Å². The number of benzene rings is 2. The van der Waals surface area contributed by atoms with Crippen LogP contribution in [-0.4, -0.2) is 74.5 Å². The Labute approximate surface area is 235 Å². The summed E-state index contributed by atoms with van der Waals surface area (Å²) in [5.74, 6) is 2.76. The maximum Gasteiger partial charge on any atom is 0.154 e. The molecule has 3 aliphatic heterocycles. The van der Waals surface area contributed by atoms with E-state index >= 15 is 0 Å². The van der Waals surface area contributed by atoms with Crippen LogP contribution in [0.15, 0.2) is 18.2 Å². The minimum absolute atomic E-state index is 0.298. The molecule has 4 N–H and O–H groups in total. The van der Waals surface area contributed by atoms with Gasteiger partial charge in [0.15, 0.2) is 5.75 Å². The molecule has 0 unspecified atom stereocenters. The number of hydrogen-bond acceptors (Lipinski definition) is 8. The lowest BCUT2D eigenvalue weighted by Gasteiger charge is -2.48. The van der Waals surface area contributed by atoms with Crippen molar-refractivity contribution >= 4 is 40.2 Å². The van der Waals surface area contributed by atoms with Crippen LogP contribution in [0.5, 0.6) is 5.75 Å². The molecule has 9 heteroatoms. The lowest BCUT2D eigenvalue weighted by molar-refractivity contribution is 0.126. The average molecular weight is 548 g/mol. The van der Waals surface area contributed by atoms with Gasteiger partial charge in [0.25, 0.3) is 0 Å². The highest BCUT2D eigenvalue weighted by atomic mass is 35.5. The zero-order valence-corrected chi connectivity index (χ0v) is 23.9. The number of methoxy groups -OCH3 is 1. The first-order chi connectivity index (χ1) is 18.8. The van der Waals surface area contributed by atoms with E-state index in [2.05, 4.69) is 22.2 Å². The summed E-state index contributed by atoms with van der Waals surface area (Å²) in [4.78, 5) is 15.3. The van der Waals surface area contributed by atoms with E-state index < -0.39 is 0 Å². The molecule has 3 saturated heterocycles. The number of piperidine rings is 2. The van der Waals surface area contributed by atoms with Crippen LogP contribution in [0.3, 0.4) is 0 Å². The largest absolute Gasteiger partial charge is 0.494 e. The molecule has 0 radical (unpaired) electrons. The Kier molecular flexibility index (Phi) is 6.90. The molecule has 6 rings (SSSR count). The Hall–Kier alpha value is -2.94. The minimum Gasteiger partial charge on any atom is -0.494 e. The Morgan fingerprint density at radius 1 is 1.13 bits per heavy atom. The quantitative estimate of drug-likeness (QED) is 0.310. The molecule has 0 saturated carbocycles. The highest BCUT2D eigenvalue weighted by Crippen LogP contribution is 2.47. The van der Waals surface area contributed by atoms with Gasteiger partial charge in [0, 0.05) is 66.1 Å². The zero-order chi connectivity index (χ0) is 27.3. The summed E-state index contributed by atoms with van der Waals surface area (Å²) in [6.45, 7) is 8.25. The lowest BCUT2D eigenvalue weighted by atomic mass is 9.73. The normalized spacial score (nSPS) is 19.8. The molecule has 3 fully saturated rings. The lowest BCUT2D eigenvalue weighted by Crippen LogP contribution is -2.58. The van der Waals surface area contributed by atoms with Crippen LogP contribution in [0.2, 0.25) is 5.02 Å². The number of nitrogens with two attached hydrogens (primary N) is 1. The van der Waals surface area contributed by atoms with Gasteiger partial charge in [-0.1, -0.05) is 17.7 Å². The van der Waals surface area contributed by atoms with Crippen molar-refractivity contribution in [1.29, 1.82) is 5.41 Å². The summed E-state index contributed by atoms with van der Waals surface area (Å²) in [5.41, 5.74) is 11.2. The van der Waals surface area contributed by atoms with Crippen LogP contribution < -0.4 is 20.7 Å². The van der Waals surface area contributed by atoms with Crippen LogP contribution in [0.25, 0.3) is 22.0 Å². The SMILES string of the molecule is COc1c(-c2c(C)ccc(N)c2C=N)c(Cl)cc2c(N3CCC4(CC3)CNC4)nc(C3CCN(C)CC3)nc12. The third-order valence-corrected chi connectivity index (χ3v) is 9.49. The molecule has 1 aromatic heterocycles. The van der Waals surface area contributed by atoms with Gasteiger partial charge < -0.3 is 31.0 Å². The molecule has 4 heterocycles. The van der Waals surface area contributed by atoms with E-state index in [0.29, 0.717) is 33.4 Å². The molecule has 206 valence electrons. The van der Waals surface area contributed by atoms with E-state index in [-0.39, 0.29) is 0 Å². The standard InChI is InChI=1S/C30H38ClN7O/c1-18-4-5-23(33)21(15-32)24(18)25-22(31)14-20-26(27(25)39-3)35-28(19-6-10-37(2)11-7-19)36-29(20)38-12-8-30(9-13-38)16-34-17-30/h4-5,14-15,19,32,34H,6-13,16-17,33H2,1-3H3. The first-order valence-electron chi connectivity index (χ1n) is 14.0. The van der Waals surface area contributed by atoms with Crippen molar-refractivity contribution in [3.63, 3.8) is 0 Å². The summed E-state index contributed by atoms with van der Waals surface area (Å²) in [7, 11) is 3.85. The summed E-state index contributed by atoms with van der Waals surface area (Å²) in [6.07, 6.45) is 5.68. The molecule has 0 amide bonds. The van der Waals surface area contributed by atoms with Gasteiger partial charge in [-0.3, -0.25) is 0 Å². The molecule has 3 aliphatic rings. The summed E-state index contributed by atoms with van der Waals surface area (Å²) < 4.78 is 6.12. The molecule has 39 heavy (non-hydrogen) atoms. The van der Waals surface area contributed by atoms with E-state index in [9.17, 15) is 0 Å². The van der Waals surface area contributed by atoms with Crippen molar-refractivity contribution in [3.05, 3.63) is 40.2 Å². The second-order valence-electron chi connectivity index (χ2n) is 11.6. The Bertz CT molecular complexity index is 1420. The summed E-state index contributed by atoms with van der Waals surface area (Å²) in [6, 6.07) is 5.79. The van der Waals surface area contributed by atoms with Crippen LogP contribution >= 0.6 is 11.6 Å². The van der Waals surface area contributed by atoms with Crippen molar-refractivity contribution in [2.75, 3.05) is 64.1 Å². The Morgan fingerprint density at radius 2 is 1.85 bits per heavy atom. The maximum atomic E-state index is 8.11. The predicted octanol–water partition coefficient (Wildman–Crippen LogP) is 4.85. The molecule has 3 aromatic rings. The van der Waals surface area contributed by atoms with Crippen LogP contribution in [-0.2, 0) is 0 Å². The Morgan fingerprint density at radius 3 is 2.46 bits per heavy atom. The molecule has 2 aromatic carbocycles. The smallest absolute Gasteiger partial charge is 0.154 e. The van der Waals surface area contributed by atoms with Crippen molar-refractivity contribution in [2.24, 2.45) is 5.41 Å². The number of ether oxygens (including phenoxy) is 1. The zero-order valence-electron chi connectivity index (χ0n) is 23.1. The van der Waals surface area contributed by atoms with Crippen molar-refractivity contribution in [3.8, 4) is 16.9 Å². The monoisotopic (exact) mass is 547 g/mol. The van der Waals surface area contributed by atoms with Gasteiger partial charge in [-0.25, -0.2) is 9.97 Å². The van der Waals surface area contributed by atoms with Crippen molar-refractivity contribution in [2.45, 2.75) is 38.5 Å². The fourth-order valence-electron chi connectivity index (χ4n) is 6.59. The van der Waals surface area contributed by atoms with E-state index in [4.69, 9.17) is 37.4 Å². The van der Waals surface area contributed by atoms with E-state index in [1.807, 2.05) is 25.1 Å². The number of aromatic nitrogens is 2. The number of nitrogen functional groups attached to an aromatic ring is 1. The van der Waals surface area contributed by atoms with E-state index in [1.54, 1.807) is 7.11 Å². The number of anilines is 2. The van der Waals surface area contributed by atoms with Crippen LogP contribution in [0, 0.1) is 17.7 Å². The fraction of sp³-hybridized carbons (Fsp3) is 0.500. The number of aryl methyl sites for hydroxylation is 1. The van der Waals surface area contributed by atoms with Crippen LogP contribution in [0.1, 0.15) is 48.6 Å². The van der Waals surface area contributed by atoms with Gasteiger partial charge in [0.05, 0.1) is 12.1 Å². The first kappa shape index (κ1) is 26.3. The second-order valence-corrected chi connectivity index (χ2v) is 12.0. The maximum absolute atomic E-state index is 8.11. The van der Waals surface area contributed by atoms with Crippen LogP contribution in [0.4, 0.5) is 11.5 Å². The number of nitrogens with zero attached hydrogens (tertiary/aromatic N) is 4. The van der Waals surface area contributed by atoms with Crippen molar-refractivity contribution in [1.82, 2.24) is 20.2 Å². The Balaban J connectivity index is 1.56. The molecule has 0 aliphatic carbocycles. The number of nitrogens with one attached hydrogen (secondary N) is 2. The van der Waals surface area contributed by atoms with Gasteiger partial charge in [-0.05, 0) is 75.9 Å². The second kappa shape index (κ2) is 10.2. The first-order valence-corrected chi connectivity index (χ1v) is 14.3. The van der Waals surface area contributed by atoms with E-state index in [0.717, 1.165) is 104 Å². The van der Waals surface area contributed by atoms with Gasteiger partial charge in [0.2, 0.25) is 0 Å². The minimum atomic E-state index is 0.298. The summed E-state index contributed by atoms with van der Waals surface area (Å²) in [5, 5.41) is 13.0. The van der Waals surface area contributed by atoms with Gasteiger partial charge >= 0.3 is 0 Å². The molecule has 0 atom stereocenters. The molecule has 1 spiro atoms. The number of fused-ring (bicyclic) bond motifs is 1. The molecular formula is C30H38ClN7O. The average Bonchev–Trinajstić information content (AvgIpc) is 2.93. The molecule has 8 nitrogen and oxygen atoms in total. The number of rotatable bonds is 5. The highest BCUT2D eigenvalue weighted by molar-refractivity contribution is 6.35. The predicted molar refractivity (Wildman–Crippen MR) is 160 cm³/mol. The third kappa shape index (κ3) is 4.52. The summed E-state index contributed by atoms with van der Waals surface area (Å²) >= 11 is 7.08. The number of hydrogen-bond donors (Lipinski definition) is 3. The van der Waals surface area contributed by atoms with Gasteiger partial charge in [0.1, 0.15) is 17.2 Å². The highest BCUT2D eigenvalue weighted by Gasteiger charge is 2.40. The van der Waals surface area contributed by atoms with Gasteiger partial charge in [-0.15, -0.1) is 0 Å². The van der Waals surface area contributed by atoms with E-state index in [1.165, 1.54) is 6.21 Å². The number of likely N-dealkylation sites (tertiary alicyclic amines) is 1. The van der Waals surface area contributed by atoms with Crippen molar-refractivity contribution < 1.29 is 4.74 Å². The third-order valence-electron chi connectivity index (χ3n) is 9.19. The number of halogens is 1. The molecule has 0 bridgehead atoms. The topological polar surface area (TPSA) is 103 Å². The molecular weight excluding hydrogens is 510 g/mol. The fourth-order valence-corrected chi connectivity index (χ4v) is 6.87.